The summed E-state index contributed by atoms with van der Waals surface area (Å²) in [7, 11) is 0. The van der Waals surface area contributed by atoms with E-state index in [9.17, 15) is 15.3 Å². The minimum Gasteiger partial charge on any atom is -0.508 e. The molecule has 9 heteroatoms. The van der Waals surface area contributed by atoms with E-state index in [1.54, 1.807) is 72.1 Å². The second-order valence-corrected chi connectivity index (χ2v) is 10.5. The average Bonchev–Trinajstić information content (AvgIpc) is 2.83. The van der Waals surface area contributed by atoms with Gasteiger partial charge in [-0.05, 0) is 65.0 Å². The van der Waals surface area contributed by atoms with Crippen molar-refractivity contribution in [2.24, 2.45) is 4.99 Å². The number of nitrogens with zero attached hydrogens (tertiary/aromatic N) is 3. The molecule has 0 fully saturated rings. The first kappa shape index (κ1) is 23.7. The van der Waals surface area contributed by atoms with Gasteiger partial charge in [0.25, 0.3) is 0 Å². The van der Waals surface area contributed by atoms with Gasteiger partial charge in [0.05, 0.1) is 13.0 Å². The number of aromatic hydroxyl groups is 3. The first-order chi connectivity index (χ1) is 16.0. The van der Waals surface area contributed by atoms with Crippen molar-refractivity contribution in [3.8, 4) is 17.2 Å². The van der Waals surface area contributed by atoms with Gasteiger partial charge in [0, 0.05) is 17.3 Å². The Bertz CT molecular complexity index is 1050. The highest BCUT2D eigenvalue weighted by atomic mass is 32.2. The molecule has 1 unspecified atom stereocenters. The third kappa shape index (κ3) is 7.26. The van der Waals surface area contributed by atoms with Gasteiger partial charge in [-0.1, -0.05) is 48.3 Å². The molecule has 0 spiro atoms. The van der Waals surface area contributed by atoms with Gasteiger partial charge in [-0.3, -0.25) is 4.31 Å². The molecule has 1 aliphatic heterocycles. The summed E-state index contributed by atoms with van der Waals surface area (Å²) >= 11 is 5.14. The molecule has 3 aromatic carbocycles. The Kier molecular flexibility index (Phi) is 8.33. The molecule has 1 aliphatic rings. The summed E-state index contributed by atoms with van der Waals surface area (Å²) in [6.45, 7) is 0.711. The molecule has 0 aromatic heterocycles. The van der Waals surface area contributed by atoms with Crippen LogP contribution in [0, 0.1) is 0 Å². The fourth-order valence-electron chi connectivity index (χ4n) is 3.02. The van der Waals surface area contributed by atoms with Crippen LogP contribution in [0.3, 0.4) is 0 Å². The highest BCUT2D eigenvalue weighted by Crippen LogP contribution is 2.33. The summed E-state index contributed by atoms with van der Waals surface area (Å²) in [5, 5.41) is 28.5. The van der Waals surface area contributed by atoms with E-state index in [1.165, 1.54) is 0 Å². The molecular formula is C24H25N3O3S3. The van der Waals surface area contributed by atoms with Crippen molar-refractivity contribution >= 4 is 42.0 Å². The van der Waals surface area contributed by atoms with Crippen LogP contribution in [0.1, 0.15) is 16.7 Å². The Hall–Kier alpha value is -2.46. The molecule has 6 nitrogen and oxygen atoms in total. The molecule has 1 heterocycles. The van der Waals surface area contributed by atoms with E-state index in [2.05, 4.69) is 8.61 Å². The Balaban J connectivity index is 1.39. The molecule has 0 saturated carbocycles. The van der Waals surface area contributed by atoms with Crippen LogP contribution >= 0.6 is 35.7 Å². The number of hydrogen-bond acceptors (Lipinski definition) is 9. The molecule has 3 N–H and O–H groups in total. The van der Waals surface area contributed by atoms with Crippen LogP contribution in [0.4, 0.5) is 0 Å². The number of hydrogen-bond donors (Lipinski definition) is 3. The maximum atomic E-state index is 9.54. The maximum absolute atomic E-state index is 9.54. The van der Waals surface area contributed by atoms with Crippen LogP contribution in [-0.4, -0.2) is 42.4 Å². The number of rotatable bonds is 9. The lowest BCUT2D eigenvalue weighted by molar-refractivity contribution is 0.365. The topological polar surface area (TPSA) is 79.5 Å². The number of aliphatic imine (C=N–C) groups is 1. The van der Waals surface area contributed by atoms with Crippen molar-refractivity contribution < 1.29 is 15.3 Å². The number of phenols is 3. The molecule has 0 saturated heterocycles. The van der Waals surface area contributed by atoms with Crippen molar-refractivity contribution in [2.75, 3.05) is 6.67 Å². The van der Waals surface area contributed by atoms with Crippen molar-refractivity contribution in [1.82, 2.24) is 8.61 Å². The normalized spacial score (nSPS) is 16.2. The van der Waals surface area contributed by atoms with Gasteiger partial charge in [-0.15, -0.1) is 11.8 Å². The zero-order valence-electron chi connectivity index (χ0n) is 17.8. The monoisotopic (exact) mass is 499 g/mol. The van der Waals surface area contributed by atoms with Crippen LogP contribution in [0.5, 0.6) is 17.2 Å². The second-order valence-electron chi connectivity index (χ2n) is 7.42. The number of thioether (sulfide) groups is 1. The van der Waals surface area contributed by atoms with E-state index in [-0.39, 0.29) is 22.7 Å². The molecule has 4 rings (SSSR count). The largest absolute Gasteiger partial charge is 0.508 e. The van der Waals surface area contributed by atoms with E-state index in [1.807, 2.05) is 42.7 Å². The van der Waals surface area contributed by atoms with Gasteiger partial charge in [-0.2, -0.15) is 4.31 Å². The van der Waals surface area contributed by atoms with Gasteiger partial charge in [0.15, 0.2) is 5.50 Å². The zero-order chi connectivity index (χ0) is 23.0. The predicted octanol–water partition coefficient (Wildman–Crippen LogP) is 5.62. The van der Waals surface area contributed by atoms with Crippen LogP contribution < -0.4 is 0 Å². The molecular weight excluding hydrogens is 474 g/mol. The SMILES string of the molecule is Oc1ccc(CSC2N=CN(SCc3ccc(O)cc3)CN2SCc2ccc(O)cc2)cc1. The third-order valence-corrected chi connectivity index (χ3v) is 8.27. The minimum atomic E-state index is -0.0357. The summed E-state index contributed by atoms with van der Waals surface area (Å²) in [6, 6.07) is 21.8. The lowest BCUT2D eigenvalue weighted by Gasteiger charge is -2.35. The highest BCUT2D eigenvalue weighted by molar-refractivity contribution is 8.01. The zero-order valence-corrected chi connectivity index (χ0v) is 20.3. The second kappa shape index (κ2) is 11.6. The molecule has 0 bridgehead atoms. The van der Waals surface area contributed by atoms with E-state index in [0.29, 0.717) is 6.67 Å². The van der Waals surface area contributed by atoms with E-state index < -0.39 is 0 Å². The number of phenolic OH excluding ortho intramolecular Hbond substituents is 3. The van der Waals surface area contributed by atoms with Gasteiger partial charge >= 0.3 is 0 Å². The molecule has 3 aromatic rings. The lowest BCUT2D eigenvalue weighted by Crippen LogP contribution is -2.39. The van der Waals surface area contributed by atoms with Crippen molar-refractivity contribution in [2.45, 2.75) is 22.8 Å². The minimum absolute atomic E-state index is 0.0357. The Labute approximate surface area is 206 Å². The average molecular weight is 500 g/mol. The molecule has 0 aliphatic carbocycles. The van der Waals surface area contributed by atoms with Crippen LogP contribution in [0.2, 0.25) is 0 Å². The van der Waals surface area contributed by atoms with E-state index >= 15 is 0 Å². The highest BCUT2D eigenvalue weighted by Gasteiger charge is 2.25. The Morgan fingerprint density at radius 2 is 1.12 bits per heavy atom. The standard InChI is InChI=1S/C24H25N3O3S3/c28-21-7-1-18(2-8-21)13-31-24-25-16-26(32-14-19-3-9-22(29)10-4-19)17-27(24)33-15-20-5-11-23(30)12-6-20/h1-12,16,24,28-30H,13-15,17H2. The van der Waals surface area contributed by atoms with Crippen LogP contribution in [0.25, 0.3) is 0 Å². The summed E-state index contributed by atoms with van der Waals surface area (Å²) in [5.41, 5.74) is 3.38. The summed E-state index contributed by atoms with van der Waals surface area (Å²) in [4.78, 5) is 4.80. The Morgan fingerprint density at radius 3 is 1.64 bits per heavy atom. The van der Waals surface area contributed by atoms with Crippen molar-refractivity contribution in [3.63, 3.8) is 0 Å². The van der Waals surface area contributed by atoms with Gasteiger partial charge < -0.3 is 15.3 Å². The van der Waals surface area contributed by atoms with Gasteiger partial charge in [-0.25, -0.2) is 4.99 Å². The molecule has 0 amide bonds. The molecule has 33 heavy (non-hydrogen) atoms. The summed E-state index contributed by atoms with van der Waals surface area (Å²) in [6.07, 6.45) is 1.90. The quantitative estimate of drug-likeness (QED) is 0.327. The summed E-state index contributed by atoms with van der Waals surface area (Å²) in [5.74, 6) is 3.17. The number of benzene rings is 3. The predicted molar refractivity (Wildman–Crippen MR) is 139 cm³/mol. The van der Waals surface area contributed by atoms with E-state index in [0.717, 1.165) is 33.9 Å². The molecule has 172 valence electrons. The molecule has 1 atom stereocenters. The maximum Gasteiger partial charge on any atom is 0.161 e. The fraction of sp³-hybridized carbons (Fsp3) is 0.208. The van der Waals surface area contributed by atoms with Gasteiger partial charge in [0.2, 0.25) is 0 Å². The summed E-state index contributed by atoms with van der Waals surface area (Å²) < 4.78 is 4.38. The van der Waals surface area contributed by atoms with Crippen LogP contribution in [-0.2, 0) is 17.3 Å². The third-order valence-electron chi connectivity index (χ3n) is 4.85. The fourth-order valence-corrected chi connectivity index (χ4v) is 6.09. The Morgan fingerprint density at radius 1 is 0.667 bits per heavy atom. The first-order valence-electron chi connectivity index (χ1n) is 10.3. The van der Waals surface area contributed by atoms with Crippen molar-refractivity contribution in [1.29, 1.82) is 0 Å². The van der Waals surface area contributed by atoms with E-state index in [4.69, 9.17) is 4.99 Å². The van der Waals surface area contributed by atoms with Crippen molar-refractivity contribution in [3.05, 3.63) is 89.5 Å². The lowest BCUT2D eigenvalue weighted by atomic mass is 10.2. The first-order valence-corrected chi connectivity index (χ1v) is 13.3. The smallest absolute Gasteiger partial charge is 0.161 e. The van der Waals surface area contributed by atoms with Crippen LogP contribution in [0.15, 0.2) is 77.8 Å². The molecule has 0 radical (unpaired) electrons. The van der Waals surface area contributed by atoms with Gasteiger partial charge in [0.1, 0.15) is 17.2 Å².